The predicted molar refractivity (Wildman–Crippen MR) is 60.2 cm³/mol. The van der Waals surface area contributed by atoms with Gasteiger partial charge < -0.3 is 14.8 Å². The Kier molecular flexibility index (Phi) is 3.44. The van der Waals surface area contributed by atoms with Gasteiger partial charge in [0.15, 0.2) is 0 Å². The summed E-state index contributed by atoms with van der Waals surface area (Å²) in [6.07, 6.45) is 0. The molecule has 1 aromatic carbocycles. The first-order valence-corrected chi connectivity index (χ1v) is 5.18. The number of aromatic hydroxyl groups is 1. The molecule has 16 heavy (non-hydrogen) atoms. The average molecular weight is 239 g/mol. The molecule has 0 aliphatic carbocycles. The van der Waals surface area contributed by atoms with Crippen LogP contribution >= 0.6 is 11.6 Å². The van der Waals surface area contributed by atoms with Gasteiger partial charge in [-0.15, -0.1) is 0 Å². The molecule has 0 atom stereocenters. The average Bonchev–Trinajstić information content (AvgIpc) is 2.59. The SMILES string of the molecule is Oc1nc(Cl)[nH]c1COCc1ccccc1. The Morgan fingerprint density at radius 1 is 1.25 bits per heavy atom. The lowest BCUT2D eigenvalue weighted by molar-refractivity contribution is 0.103. The molecule has 0 amide bonds. The third kappa shape index (κ3) is 2.74. The fourth-order valence-electron chi connectivity index (χ4n) is 1.31. The fraction of sp³-hybridized carbons (Fsp3) is 0.182. The van der Waals surface area contributed by atoms with Gasteiger partial charge in [0.05, 0.1) is 13.2 Å². The molecule has 5 heteroatoms. The summed E-state index contributed by atoms with van der Waals surface area (Å²) in [5, 5.41) is 9.48. The molecule has 0 bridgehead atoms. The van der Waals surface area contributed by atoms with Crippen LogP contribution < -0.4 is 0 Å². The quantitative estimate of drug-likeness (QED) is 0.860. The minimum absolute atomic E-state index is 0.113. The van der Waals surface area contributed by atoms with Crippen LogP contribution in [0.2, 0.25) is 5.28 Å². The zero-order valence-electron chi connectivity index (χ0n) is 8.48. The third-order valence-corrected chi connectivity index (χ3v) is 2.26. The van der Waals surface area contributed by atoms with Crippen LogP contribution in [0.15, 0.2) is 30.3 Å². The molecule has 0 aliphatic rings. The number of nitrogens with one attached hydrogen (secondary N) is 1. The number of hydrogen-bond donors (Lipinski definition) is 2. The monoisotopic (exact) mass is 238 g/mol. The number of halogens is 1. The zero-order valence-corrected chi connectivity index (χ0v) is 9.24. The van der Waals surface area contributed by atoms with E-state index in [-0.39, 0.29) is 17.8 Å². The minimum Gasteiger partial charge on any atom is -0.492 e. The van der Waals surface area contributed by atoms with Crippen LogP contribution in [0.1, 0.15) is 11.3 Å². The van der Waals surface area contributed by atoms with Crippen LogP contribution in [-0.2, 0) is 18.0 Å². The van der Waals surface area contributed by atoms with Gasteiger partial charge in [-0.3, -0.25) is 0 Å². The lowest BCUT2D eigenvalue weighted by Crippen LogP contribution is -1.94. The molecule has 84 valence electrons. The number of imidazole rings is 1. The van der Waals surface area contributed by atoms with E-state index in [2.05, 4.69) is 9.97 Å². The van der Waals surface area contributed by atoms with E-state index in [0.717, 1.165) is 5.56 Å². The second-order valence-corrected chi connectivity index (χ2v) is 3.67. The Labute approximate surface area is 97.9 Å². The topological polar surface area (TPSA) is 58.1 Å². The van der Waals surface area contributed by atoms with E-state index in [1.165, 1.54) is 0 Å². The normalized spacial score (nSPS) is 10.6. The molecule has 1 aromatic heterocycles. The van der Waals surface area contributed by atoms with E-state index < -0.39 is 0 Å². The van der Waals surface area contributed by atoms with Gasteiger partial charge in [-0.25, -0.2) is 0 Å². The molecule has 0 unspecified atom stereocenters. The summed E-state index contributed by atoms with van der Waals surface area (Å²) in [6, 6.07) is 9.79. The van der Waals surface area contributed by atoms with Crippen molar-refractivity contribution in [1.82, 2.24) is 9.97 Å². The number of hydrogen-bond acceptors (Lipinski definition) is 3. The minimum atomic E-state index is -0.113. The van der Waals surface area contributed by atoms with Gasteiger partial charge in [-0.2, -0.15) is 4.98 Å². The Morgan fingerprint density at radius 3 is 2.62 bits per heavy atom. The Balaban J connectivity index is 1.87. The van der Waals surface area contributed by atoms with Gasteiger partial charge >= 0.3 is 0 Å². The number of aromatic nitrogens is 2. The number of benzene rings is 1. The molecule has 0 saturated heterocycles. The molecule has 0 spiro atoms. The Morgan fingerprint density at radius 2 is 2.00 bits per heavy atom. The molecule has 4 nitrogen and oxygen atoms in total. The highest BCUT2D eigenvalue weighted by atomic mass is 35.5. The number of ether oxygens (including phenoxy) is 1. The van der Waals surface area contributed by atoms with Crippen molar-refractivity contribution in [3.8, 4) is 5.88 Å². The van der Waals surface area contributed by atoms with Crippen molar-refractivity contribution in [3.63, 3.8) is 0 Å². The summed E-state index contributed by atoms with van der Waals surface area (Å²) in [4.78, 5) is 6.33. The first kappa shape index (κ1) is 11.0. The summed E-state index contributed by atoms with van der Waals surface area (Å²) in [5.41, 5.74) is 1.56. The van der Waals surface area contributed by atoms with Crippen molar-refractivity contribution in [3.05, 3.63) is 46.9 Å². The molecular weight excluding hydrogens is 228 g/mol. The summed E-state index contributed by atoms with van der Waals surface area (Å²) < 4.78 is 5.41. The van der Waals surface area contributed by atoms with Crippen molar-refractivity contribution >= 4 is 11.6 Å². The first-order chi connectivity index (χ1) is 7.75. The molecule has 2 N–H and O–H groups in total. The predicted octanol–water partition coefficient (Wildman–Crippen LogP) is 2.49. The summed E-state index contributed by atoms with van der Waals surface area (Å²) in [7, 11) is 0. The Bertz CT molecular complexity index is 456. The highest BCUT2D eigenvalue weighted by Gasteiger charge is 2.07. The second-order valence-electron chi connectivity index (χ2n) is 3.31. The van der Waals surface area contributed by atoms with Crippen LogP contribution in [0.4, 0.5) is 0 Å². The van der Waals surface area contributed by atoms with Crippen LogP contribution in [0.25, 0.3) is 0 Å². The van der Waals surface area contributed by atoms with E-state index in [4.69, 9.17) is 16.3 Å². The first-order valence-electron chi connectivity index (χ1n) is 4.80. The molecule has 1 heterocycles. The molecule has 2 rings (SSSR count). The molecular formula is C11H11ClN2O2. The maximum Gasteiger partial charge on any atom is 0.236 e. The van der Waals surface area contributed by atoms with Crippen molar-refractivity contribution < 1.29 is 9.84 Å². The standard InChI is InChI=1S/C11H11ClN2O2/c12-11-13-9(10(15)14-11)7-16-6-8-4-2-1-3-5-8/h1-5,15H,6-7H2,(H,13,14). The van der Waals surface area contributed by atoms with Crippen molar-refractivity contribution in [2.45, 2.75) is 13.2 Å². The smallest absolute Gasteiger partial charge is 0.236 e. The van der Waals surface area contributed by atoms with Crippen molar-refractivity contribution in [2.75, 3.05) is 0 Å². The van der Waals surface area contributed by atoms with Gasteiger partial charge in [0.1, 0.15) is 5.69 Å². The highest BCUT2D eigenvalue weighted by molar-refractivity contribution is 6.28. The molecule has 0 fully saturated rings. The maximum absolute atomic E-state index is 9.32. The second kappa shape index (κ2) is 5.01. The third-order valence-electron chi connectivity index (χ3n) is 2.09. The van der Waals surface area contributed by atoms with E-state index in [0.29, 0.717) is 12.3 Å². The van der Waals surface area contributed by atoms with Crippen LogP contribution in [0.3, 0.4) is 0 Å². The zero-order chi connectivity index (χ0) is 11.4. The molecule has 2 aromatic rings. The number of H-pyrrole nitrogens is 1. The lowest BCUT2D eigenvalue weighted by atomic mass is 10.2. The lowest BCUT2D eigenvalue weighted by Gasteiger charge is -2.02. The molecule has 0 radical (unpaired) electrons. The van der Waals surface area contributed by atoms with E-state index in [1.807, 2.05) is 30.3 Å². The van der Waals surface area contributed by atoms with Crippen LogP contribution in [-0.4, -0.2) is 15.1 Å². The number of nitrogens with zero attached hydrogens (tertiary/aromatic N) is 1. The van der Waals surface area contributed by atoms with Gasteiger partial charge in [0, 0.05) is 0 Å². The van der Waals surface area contributed by atoms with Gasteiger partial charge in [-0.05, 0) is 17.2 Å². The summed E-state index contributed by atoms with van der Waals surface area (Å²) in [6.45, 7) is 0.733. The van der Waals surface area contributed by atoms with E-state index >= 15 is 0 Å². The highest BCUT2D eigenvalue weighted by Crippen LogP contribution is 2.17. The molecule has 0 aliphatic heterocycles. The van der Waals surface area contributed by atoms with E-state index in [9.17, 15) is 5.11 Å². The maximum atomic E-state index is 9.32. The number of aromatic amines is 1. The van der Waals surface area contributed by atoms with Crippen LogP contribution in [0.5, 0.6) is 5.88 Å². The van der Waals surface area contributed by atoms with Crippen LogP contribution in [0, 0.1) is 0 Å². The van der Waals surface area contributed by atoms with Gasteiger partial charge in [0.25, 0.3) is 0 Å². The van der Waals surface area contributed by atoms with E-state index in [1.54, 1.807) is 0 Å². The van der Waals surface area contributed by atoms with Crippen molar-refractivity contribution in [2.24, 2.45) is 0 Å². The Hall–Kier alpha value is -1.52. The molecule has 0 saturated carbocycles. The van der Waals surface area contributed by atoms with Gasteiger partial charge in [0.2, 0.25) is 11.2 Å². The van der Waals surface area contributed by atoms with Crippen molar-refractivity contribution in [1.29, 1.82) is 0 Å². The number of rotatable bonds is 4. The summed E-state index contributed by atoms with van der Waals surface area (Å²) >= 11 is 5.58. The summed E-state index contributed by atoms with van der Waals surface area (Å²) in [5.74, 6) is -0.113. The van der Waals surface area contributed by atoms with Gasteiger partial charge in [-0.1, -0.05) is 30.3 Å². The fourth-order valence-corrected chi connectivity index (χ4v) is 1.51. The largest absolute Gasteiger partial charge is 0.492 e.